The van der Waals surface area contributed by atoms with Crippen molar-refractivity contribution in [3.05, 3.63) is 58.3 Å². The van der Waals surface area contributed by atoms with E-state index >= 15 is 0 Å². The highest BCUT2D eigenvalue weighted by atomic mass is 32.1. The van der Waals surface area contributed by atoms with Crippen molar-refractivity contribution in [2.24, 2.45) is 0 Å². The number of hydrogen-bond donors (Lipinski definition) is 0. The first kappa shape index (κ1) is 12.6. The van der Waals surface area contributed by atoms with Crippen molar-refractivity contribution < 1.29 is 4.39 Å². The van der Waals surface area contributed by atoms with E-state index in [-0.39, 0.29) is 5.82 Å². The SMILES string of the molecule is Fc1ccc(Cc2nnc3sc(-c4ccsc4)nn23)cc1. The summed E-state index contributed by atoms with van der Waals surface area (Å²) in [5, 5.41) is 17.9. The molecule has 0 aliphatic carbocycles. The molecule has 0 N–H and O–H groups in total. The lowest BCUT2D eigenvalue weighted by Crippen LogP contribution is -1.97. The molecule has 0 amide bonds. The third-order valence-corrected chi connectivity index (χ3v) is 4.73. The van der Waals surface area contributed by atoms with E-state index in [1.165, 1.54) is 23.5 Å². The summed E-state index contributed by atoms with van der Waals surface area (Å²) in [6.07, 6.45) is 0.578. The van der Waals surface area contributed by atoms with Crippen LogP contribution in [0.3, 0.4) is 0 Å². The molecule has 0 saturated carbocycles. The van der Waals surface area contributed by atoms with Crippen LogP contribution >= 0.6 is 22.7 Å². The second-order valence-corrected chi connectivity index (χ2v) is 6.27. The Kier molecular flexibility index (Phi) is 3.01. The lowest BCUT2D eigenvalue weighted by molar-refractivity contribution is 0.627. The van der Waals surface area contributed by atoms with E-state index < -0.39 is 0 Å². The van der Waals surface area contributed by atoms with Gasteiger partial charge in [0, 0.05) is 17.4 Å². The molecule has 0 aliphatic rings. The Morgan fingerprint density at radius 1 is 1.10 bits per heavy atom. The van der Waals surface area contributed by atoms with Gasteiger partial charge in [0.05, 0.1) is 0 Å². The van der Waals surface area contributed by atoms with E-state index in [9.17, 15) is 4.39 Å². The van der Waals surface area contributed by atoms with Crippen molar-refractivity contribution in [2.45, 2.75) is 6.42 Å². The number of nitrogens with zero attached hydrogens (tertiary/aromatic N) is 4. The maximum absolute atomic E-state index is 12.9. The second kappa shape index (κ2) is 5.01. The molecular weight excluding hydrogens is 307 g/mol. The minimum atomic E-state index is -0.237. The van der Waals surface area contributed by atoms with Crippen LogP contribution in [-0.2, 0) is 6.42 Å². The van der Waals surface area contributed by atoms with Crippen molar-refractivity contribution in [1.29, 1.82) is 0 Å². The lowest BCUT2D eigenvalue weighted by atomic mass is 10.1. The fourth-order valence-electron chi connectivity index (χ4n) is 2.06. The van der Waals surface area contributed by atoms with E-state index in [0.29, 0.717) is 6.42 Å². The summed E-state index contributed by atoms with van der Waals surface area (Å²) in [4.78, 5) is 0.772. The number of thiophene rings is 1. The van der Waals surface area contributed by atoms with Crippen LogP contribution in [0.25, 0.3) is 15.5 Å². The average Bonchev–Trinajstić information content (AvgIpc) is 3.18. The molecule has 0 saturated heterocycles. The molecule has 4 rings (SSSR count). The van der Waals surface area contributed by atoms with Crippen molar-refractivity contribution in [2.75, 3.05) is 0 Å². The highest BCUT2D eigenvalue weighted by molar-refractivity contribution is 7.20. The van der Waals surface area contributed by atoms with Gasteiger partial charge in [-0.1, -0.05) is 23.5 Å². The van der Waals surface area contributed by atoms with E-state index in [1.807, 2.05) is 11.4 Å². The van der Waals surface area contributed by atoms with Crippen molar-refractivity contribution >= 4 is 27.6 Å². The Balaban J connectivity index is 1.71. The maximum atomic E-state index is 12.9. The van der Waals surface area contributed by atoms with E-state index in [1.54, 1.807) is 28.0 Å². The van der Waals surface area contributed by atoms with Gasteiger partial charge >= 0.3 is 0 Å². The third kappa shape index (κ3) is 2.34. The molecule has 0 fully saturated rings. The first-order valence-electron chi connectivity index (χ1n) is 6.28. The summed E-state index contributed by atoms with van der Waals surface area (Å²) in [7, 11) is 0. The van der Waals surface area contributed by atoms with Crippen LogP contribution in [-0.4, -0.2) is 19.8 Å². The molecule has 104 valence electrons. The molecule has 4 aromatic rings. The summed E-state index contributed by atoms with van der Waals surface area (Å²) < 4.78 is 14.7. The normalized spacial score (nSPS) is 11.3. The zero-order valence-corrected chi connectivity index (χ0v) is 12.4. The summed E-state index contributed by atoms with van der Waals surface area (Å²) in [6.45, 7) is 0. The van der Waals surface area contributed by atoms with Gasteiger partial charge in [-0.05, 0) is 29.1 Å². The smallest absolute Gasteiger partial charge is 0.207 e. The molecule has 4 nitrogen and oxygen atoms in total. The number of fused-ring (bicyclic) bond motifs is 1. The molecule has 0 atom stereocenters. The van der Waals surface area contributed by atoms with Gasteiger partial charge in [-0.3, -0.25) is 0 Å². The second-order valence-electron chi connectivity index (χ2n) is 4.53. The fraction of sp³-hybridized carbons (Fsp3) is 0.0714. The van der Waals surface area contributed by atoms with Gasteiger partial charge in [0.1, 0.15) is 10.8 Å². The number of benzene rings is 1. The van der Waals surface area contributed by atoms with Gasteiger partial charge in [0.25, 0.3) is 0 Å². The van der Waals surface area contributed by atoms with E-state index in [4.69, 9.17) is 0 Å². The van der Waals surface area contributed by atoms with Crippen LogP contribution in [0.15, 0.2) is 41.1 Å². The summed E-state index contributed by atoms with van der Waals surface area (Å²) in [5.41, 5.74) is 2.08. The predicted octanol–water partition coefficient (Wildman–Crippen LogP) is 3.64. The standard InChI is InChI=1S/C14H9FN4S2/c15-11-3-1-9(2-4-11)7-12-16-17-14-19(12)18-13(21-14)10-5-6-20-8-10/h1-6,8H,7H2. The Hall–Kier alpha value is -2.12. The first-order chi connectivity index (χ1) is 10.3. The minimum Gasteiger partial charge on any atom is -0.207 e. The Labute approximate surface area is 127 Å². The topological polar surface area (TPSA) is 43.1 Å². The Bertz CT molecular complexity index is 878. The molecule has 1 aromatic carbocycles. The molecule has 3 aromatic heterocycles. The van der Waals surface area contributed by atoms with Crippen LogP contribution < -0.4 is 0 Å². The largest absolute Gasteiger partial charge is 0.234 e. The Morgan fingerprint density at radius 2 is 1.95 bits per heavy atom. The third-order valence-electron chi connectivity index (χ3n) is 3.10. The minimum absolute atomic E-state index is 0.237. The number of aromatic nitrogens is 4. The van der Waals surface area contributed by atoms with Crippen LogP contribution in [0, 0.1) is 5.82 Å². The maximum Gasteiger partial charge on any atom is 0.234 e. The van der Waals surface area contributed by atoms with Crippen LogP contribution in [0.5, 0.6) is 0 Å². The number of halogens is 1. The molecule has 21 heavy (non-hydrogen) atoms. The van der Waals surface area contributed by atoms with Gasteiger partial charge < -0.3 is 0 Å². The van der Waals surface area contributed by atoms with Crippen molar-refractivity contribution in [3.63, 3.8) is 0 Å². The quantitative estimate of drug-likeness (QED) is 0.579. The van der Waals surface area contributed by atoms with Crippen molar-refractivity contribution in [1.82, 2.24) is 19.8 Å². The summed E-state index contributed by atoms with van der Waals surface area (Å²) in [5.74, 6) is 0.521. The average molecular weight is 316 g/mol. The fourth-order valence-corrected chi connectivity index (χ4v) is 3.63. The first-order valence-corrected chi connectivity index (χ1v) is 8.04. The van der Waals surface area contributed by atoms with Crippen LogP contribution in [0.1, 0.15) is 11.4 Å². The molecule has 3 heterocycles. The monoisotopic (exact) mass is 316 g/mol. The Morgan fingerprint density at radius 3 is 2.71 bits per heavy atom. The molecular formula is C14H9FN4S2. The lowest BCUT2D eigenvalue weighted by Gasteiger charge is -1.98. The van der Waals surface area contributed by atoms with Crippen molar-refractivity contribution in [3.8, 4) is 10.6 Å². The molecule has 0 spiro atoms. The summed E-state index contributed by atoms with van der Waals surface area (Å²) in [6, 6.07) is 8.44. The molecule has 0 radical (unpaired) electrons. The molecule has 7 heteroatoms. The predicted molar refractivity (Wildman–Crippen MR) is 81.2 cm³/mol. The number of rotatable bonds is 3. The van der Waals surface area contributed by atoms with E-state index in [0.717, 1.165) is 26.9 Å². The van der Waals surface area contributed by atoms with Crippen LogP contribution in [0.2, 0.25) is 0 Å². The van der Waals surface area contributed by atoms with Gasteiger partial charge in [0.2, 0.25) is 4.96 Å². The number of hydrogen-bond acceptors (Lipinski definition) is 5. The zero-order chi connectivity index (χ0) is 14.2. The highest BCUT2D eigenvalue weighted by Gasteiger charge is 2.13. The summed E-state index contributed by atoms with van der Waals surface area (Å²) >= 11 is 3.15. The van der Waals surface area contributed by atoms with Gasteiger partial charge in [-0.15, -0.1) is 10.2 Å². The van der Waals surface area contributed by atoms with Crippen LogP contribution in [0.4, 0.5) is 4.39 Å². The van der Waals surface area contributed by atoms with Gasteiger partial charge in [-0.25, -0.2) is 4.39 Å². The zero-order valence-electron chi connectivity index (χ0n) is 10.7. The van der Waals surface area contributed by atoms with Gasteiger partial charge in [0.15, 0.2) is 5.82 Å². The van der Waals surface area contributed by atoms with Gasteiger partial charge in [-0.2, -0.15) is 21.0 Å². The highest BCUT2D eigenvalue weighted by Crippen LogP contribution is 2.27. The molecule has 0 aliphatic heterocycles. The molecule has 0 unspecified atom stereocenters. The van der Waals surface area contributed by atoms with E-state index in [2.05, 4.69) is 20.7 Å². The molecule has 0 bridgehead atoms.